The Kier molecular flexibility index (Phi) is 9.81. The van der Waals surface area contributed by atoms with Crippen molar-refractivity contribution >= 4 is 15.4 Å². The van der Waals surface area contributed by atoms with E-state index in [0.29, 0.717) is 17.5 Å². The molecule has 4 aromatic carbocycles. The molecule has 0 saturated carbocycles. The van der Waals surface area contributed by atoms with Gasteiger partial charge in [-0.15, -0.1) is 0 Å². The summed E-state index contributed by atoms with van der Waals surface area (Å²) in [6.45, 7) is 8.80. The maximum Gasteiger partial charge on any atom is -1.00 e. The summed E-state index contributed by atoms with van der Waals surface area (Å²) in [4.78, 5) is 0. The van der Waals surface area contributed by atoms with Crippen molar-refractivity contribution in [2.24, 2.45) is 0 Å². The Morgan fingerprint density at radius 2 is 1.06 bits per heavy atom. The Morgan fingerprint density at radius 1 is 0.635 bits per heavy atom. The van der Waals surface area contributed by atoms with Crippen LogP contribution in [0.4, 0.5) is 26.3 Å². The first-order chi connectivity index (χ1) is 23.5. The number of alkyl halides is 6. The number of rotatable bonds is 4. The van der Waals surface area contributed by atoms with E-state index in [0.717, 1.165) is 38.6 Å². The van der Waals surface area contributed by atoms with E-state index < -0.39 is 44.7 Å². The van der Waals surface area contributed by atoms with Crippen LogP contribution >= 0.6 is 0 Å². The summed E-state index contributed by atoms with van der Waals surface area (Å²) in [7, 11) is 0. The summed E-state index contributed by atoms with van der Waals surface area (Å²) in [5, 5.41) is 0. The molecule has 0 radical (unpaired) electrons. The van der Waals surface area contributed by atoms with Gasteiger partial charge in [0.05, 0.1) is 0 Å². The molecular weight excluding hydrogens is 793 g/mol. The van der Waals surface area contributed by atoms with E-state index in [4.69, 9.17) is 0 Å². The molecule has 4 aliphatic carbocycles. The van der Waals surface area contributed by atoms with Crippen LogP contribution in [0.1, 0.15) is 93.4 Å². The van der Waals surface area contributed by atoms with Crippen molar-refractivity contribution in [3.8, 4) is 11.1 Å². The van der Waals surface area contributed by atoms with E-state index in [1.807, 2.05) is 6.08 Å². The van der Waals surface area contributed by atoms with Gasteiger partial charge < -0.3 is 24.8 Å². The van der Waals surface area contributed by atoms with Crippen molar-refractivity contribution in [2.45, 2.75) is 60.9 Å². The molecule has 0 fully saturated rings. The Hall–Kier alpha value is -3.25. The SMILES string of the molecule is CC1(C)C=Cc2cc3c(cc21)[CH]([Zr+2]([C]1=CC=CC1)=[C](c1ccc(C(F)(F)F)cc1)c1ccc(C(F)(F)F)cc1)c1cc2c(cc1-3)C=CC2(C)C.[Cl-].[Cl-]. The molecule has 0 aromatic heterocycles. The van der Waals surface area contributed by atoms with Gasteiger partial charge in [0.15, 0.2) is 0 Å². The average molecular weight is 827 g/mol. The molecule has 0 bridgehead atoms. The molecule has 8 rings (SSSR count). The van der Waals surface area contributed by atoms with Gasteiger partial charge in [-0.2, -0.15) is 0 Å². The summed E-state index contributed by atoms with van der Waals surface area (Å²) < 4.78 is 84.9. The number of fused-ring (bicyclic) bond motifs is 5. The third kappa shape index (κ3) is 6.39. The molecule has 52 heavy (non-hydrogen) atoms. The second-order valence-electron chi connectivity index (χ2n) is 14.9. The molecule has 0 nitrogen and oxygen atoms in total. The fourth-order valence-corrected chi connectivity index (χ4v) is 17.1. The number of hydrogen-bond acceptors (Lipinski definition) is 0. The second kappa shape index (κ2) is 13.3. The number of halogens is 8. The molecule has 0 amide bonds. The van der Waals surface area contributed by atoms with Crippen LogP contribution in [0.2, 0.25) is 0 Å². The van der Waals surface area contributed by atoms with Crippen LogP contribution in [0.15, 0.2) is 106 Å². The third-order valence-electron chi connectivity index (χ3n) is 10.8. The largest absolute Gasteiger partial charge is 1.00 e. The Morgan fingerprint density at radius 3 is 1.42 bits per heavy atom. The maximum atomic E-state index is 13.8. The first kappa shape index (κ1) is 38.5. The average Bonchev–Trinajstić information content (AvgIpc) is 3.83. The topological polar surface area (TPSA) is 0 Å². The molecule has 266 valence electrons. The zero-order chi connectivity index (χ0) is 35.4. The molecule has 4 aromatic rings. The standard InChI is InChI=1S/C23H21.C15H8F6.C5H5.2ClH.Zr/c1-22(2)7-5-14-10-18-16(12-20(14)22)9-17-13-21-15(11-19(17)18)6-8-23(21,3)4;16-14(17,18)12-5-1-10(2-6-12)9-11-3-7-13(8-4-11)15(19,20)21;1-2-4-5-3-1;;;/h5-13H,1-4H3;1-8H;1-3H,4H2;2*1H;/q;;;;;+2/p-2. The number of allylic oxidation sites excluding steroid dienone is 6. The molecule has 9 heteroatoms. The fraction of sp³-hybridized carbons (Fsp3) is 0.233. The zero-order valence-corrected chi connectivity index (χ0v) is 32.7. The molecule has 0 spiro atoms. The Balaban J connectivity index is 0.00000232. The molecule has 0 N–H and O–H groups in total. The van der Waals surface area contributed by atoms with Crippen molar-refractivity contribution in [2.75, 3.05) is 0 Å². The minimum Gasteiger partial charge on any atom is -1.00 e. The van der Waals surface area contributed by atoms with Crippen molar-refractivity contribution in [3.63, 3.8) is 0 Å². The van der Waals surface area contributed by atoms with Crippen molar-refractivity contribution in [3.05, 3.63) is 162 Å². The molecule has 4 aliphatic rings. The maximum absolute atomic E-state index is 13.8. The van der Waals surface area contributed by atoms with Gasteiger partial charge in [-0.1, -0.05) is 0 Å². The molecule has 0 heterocycles. The minimum atomic E-state index is -4.52. The van der Waals surface area contributed by atoms with Gasteiger partial charge in [0.1, 0.15) is 0 Å². The first-order valence-corrected chi connectivity index (χ1v) is 20.6. The van der Waals surface area contributed by atoms with E-state index in [1.54, 1.807) is 0 Å². The molecule has 0 aliphatic heterocycles. The van der Waals surface area contributed by atoms with E-state index in [-0.39, 0.29) is 39.3 Å². The fourth-order valence-electron chi connectivity index (χ4n) is 8.12. The number of benzene rings is 4. The number of hydrogen-bond donors (Lipinski definition) is 0. The van der Waals surface area contributed by atoms with E-state index >= 15 is 0 Å². The molecule has 0 unspecified atom stereocenters. The van der Waals surface area contributed by atoms with Crippen LogP contribution in [0.5, 0.6) is 0 Å². The van der Waals surface area contributed by atoms with Gasteiger partial charge in [-0.05, 0) is 0 Å². The van der Waals surface area contributed by atoms with Gasteiger partial charge in [-0.3, -0.25) is 0 Å². The van der Waals surface area contributed by atoms with Gasteiger partial charge in [0, 0.05) is 0 Å². The predicted octanol–water partition coefficient (Wildman–Crippen LogP) is 6.14. The summed E-state index contributed by atoms with van der Waals surface area (Å²) in [5.41, 5.74) is 8.94. The minimum absolute atomic E-state index is 0. The Bertz CT molecular complexity index is 2110. The van der Waals surface area contributed by atoms with Gasteiger partial charge >= 0.3 is 297 Å². The monoisotopic (exact) mass is 824 g/mol. The Labute approximate surface area is 320 Å². The van der Waals surface area contributed by atoms with Crippen molar-refractivity contribution < 1.29 is 72.4 Å². The summed E-state index contributed by atoms with van der Waals surface area (Å²) in [5.74, 6) is 0. The molecular formula is C43H34Cl2F6Zr. The molecule has 0 atom stereocenters. The quantitative estimate of drug-likeness (QED) is 0.217. The van der Waals surface area contributed by atoms with Gasteiger partial charge in [0.2, 0.25) is 0 Å². The summed E-state index contributed by atoms with van der Waals surface area (Å²) in [6, 6.07) is 19.7. The van der Waals surface area contributed by atoms with Gasteiger partial charge in [-0.25, -0.2) is 0 Å². The van der Waals surface area contributed by atoms with Gasteiger partial charge in [0.25, 0.3) is 0 Å². The third-order valence-corrected chi connectivity index (χ3v) is 19.1. The predicted molar refractivity (Wildman–Crippen MR) is 186 cm³/mol. The van der Waals surface area contributed by atoms with Crippen molar-refractivity contribution in [1.82, 2.24) is 0 Å². The van der Waals surface area contributed by atoms with Crippen molar-refractivity contribution in [1.29, 1.82) is 0 Å². The van der Waals surface area contributed by atoms with Crippen LogP contribution in [-0.4, -0.2) is 3.21 Å². The van der Waals surface area contributed by atoms with E-state index in [1.165, 1.54) is 60.9 Å². The first-order valence-electron chi connectivity index (χ1n) is 16.7. The molecule has 0 saturated heterocycles. The van der Waals surface area contributed by atoms with Crippen LogP contribution in [0.3, 0.4) is 0 Å². The second-order valence-corrected chi connectivity index (χ2v) is 21.1. The van der Waals surface area contributed by atoms with E-state index in [2.05, 4.69) is 88.4 Å². The normalized spacial score (nSPS) is 17.0. The summed E-state index contributed by atoms with van der Waals surface area (Å²) in [6.07, 6.45) is 6.79. The summed E-state index contributed by atoms with van der Waals surface area (Å²) >= 11 is -3.41. The van der Waals surface area contributed by atoms with Crippen LogP contribution in [0, 0.1) is 0 Å². The zero-order valence-electron chi connectivity index (χ0n) is 28.8. The smallest absolute Gasteiger partial charge is 1.00 e. The van der Waals surface area contributed by atoms with Crippen LogP contribution < -0.4 is 24.8 Å². The van der Waals surface area contributed by atoms with E-state index in [9.17, 15) is 26.3 Å². The van der Waals surface area contributed by atoms with Crippen LogP contribution in [-0.2, 0) is 44.4 Å². The van der Waals surface area contributed by atoms with Crippen LogP contribution in [0.25, 0.3) is 23.3 Å².